The zero-order valence-corrected chi connectivity index (χ0v) is 18.5. The van der Waals surface area contributed by atoms with E-state index in [1.54, 1.807) is 48.5 Å². The first kappa shape index (κ1) is 23.8. The number of hydrogen-bond donors (Lipinski definition) is 3. The molecular weight excluding hydrogens is 425 g/mol. The molecule has 0 atom stereocenters. The van der Waals surface area contributed by atoms with E-state index in [1.165, 1.54) is 0 Å². The fourth-order valence-corrected chi connectivity index (χ4v) is 2.42. The number of carboxylic acid groups (broad SMARTS) is 1. The first-order valence-electron chi connectivity index (χ1n) is 8.07. The molecule has 0 saturated carbocycles. The Labute approximate surface area is 197 Å². The van der Waals surface area contributed by atoms with Gasteiger partial charge in [0.25, 0.3) is 0 Å². The third kappa shape index (κ3) is 7.76. The number of aromatic nitrogens is 3. The van der Waals surface area contributed by atoms with Crippen molar-refractivity contribution in [2.24, 2.45) is 0 Å². The standard InChI is InChI=1S/C17H15N5O6S.Na/c23-14(24)10-18-15-20-16(19-11-6-8-13(9-7-11)29-28-27-25)22-17(21-15)26-12-4-2-1-3-5-12;/h1-9,25H,10H2,(H,23,24)(H2,18,19,20,21,22);/q;+1/p-1. The van der Waals surface area contributed by atoms with Gasteiger partial charge >= 0.3 is 41.5 Å². The molecule has 0 spiro atoms. The Kier molecular flexibility index (Phi) is 9.76. The van der Waals surface area contributed by atoms with Crippen LogP contribution in [-0.2, 0) is 14.2 Å². The molecule has 0 aliphatic rings. The number of anilines is 3. The topological polar surface area (TPSA) is 151 Å². The Bertz CT molecular complexity index is 951. The third-order valence-corrected chi connectivity index (χ3v) is 3.82. The van der Waals surface area contributed by atoms with Crippen LogP contribution >= 0.6 is 12.0 Å². The molecule has 30 heavy (non-hydrogen) atoms. The summed E-state index contributed by atoms with van der Waals surface area (Å²) in [6.07, 6.45) is 0. The van der Waals surface area contributed by atoms with Crippen LogP contribution in [0.15, 0.2) is 59.5 Å². The largest absolute Gasteiger partial charge is 1.00 e. The normalized spacial score (nSPS) is 10.0. The van der Waals surface area contributed by atoms with E-state index in [0.717, 1.165) is 12.0 Å². The number of ether oxygens (including phenoxy) is 1. The molecule has 11 nitrogen and oxygen atoms in total. The number of rotatable bonds is 10. The molecule has 0 saturated heterocycles. The molecule has 3 N–H and O–H groups in total. The first-order valence-corrected chi connectivity index (χ1v) is 8.81. The second-order valence-electron chi connectivity index (χ2n) is 5.30. The predicted octanol–water partition coefficient (Wildman–Crippen LogP) is -0.861. The molecule has 0 radical (unpaired) electrons. The van der Waals surface area contributed by atoms with E-state index in [2.05, 4.69) is 35.0 Å². The molecule has 2 aromatic carbocycles. The molecule has 13 heteroatoms. The van der Waals surface area contributed by atoms with Crippen LogP contribution in [0.1, 0.15) is 0 Å². The zero-order chi connectivity index (χ0) is 20.5. The van der Waals surface area contributed by atoms with Gasteiger partial charge in [-0.3, -0.25) is 9.83 Å². The Morgan fingerprint density at radius 2 is 1.73 bits per heavy atom. The predicted molar refractivity (Wildman–Crippen MR) is 100 cm³/mol. The zero-order valence-electron chi connectivity index (χ0n) is 15.6. The summed E-state index contributed by atoms with van der Waals surface area (Å²) in [6, 6.07) is 15.6. The van der Waals surface area contributed by atoms with Crippen LogP contribution in [0.3, 0.4) is 0 Å². The average molecular weight is 439 g/mol. The molecule has 0 fully saturated rings. The number of carbonyl (C=O) groups is 1. The van der Waals surface area contributed by atoms with Crippen molar-refractivity contribution in [2.45, 2.75) is 4.90 Å². The molecule has 3 aromatic rings. The fourth-order valence-electron chi connectivity index (χ4n) is 2.06. The number of carboxylic acids is 1. The van der Waals surface area contributed by atoms with Gasteiger partial charge in [0.05, 0.1) is 12.0 Å². The molecule has 1 heterocycles. The van der Waals surface area contributed by atoms with Crippen LogP contribution in [0, 0.1) is 0 Å². The van der Waals surface area contributed by atoms with Gasteiger partial charge < -0.3 is 25.7 Å². The number of hydrogen-bond acceptors (Lipinski definition) is 11. The van der Waals surface area contributed by atoms with Crippen LogP contribution < -0.4 is 50.2 Å². The third-order valence-electron chi connectivity index (χ3n) is 3.23. The Balaban J connectivity index is 0.00000320. The van der Waals surface area contributed by atoms with Crippen molar-refractivity contribution in [3.8, 4) is 11.8 Å². The number of benzene rings is 2. The van der Waals surface area contributed by atoms with Gasteiger partial charge in [0.15, 0.2) is 0 Å². The van der Waals surface area contributed by atoms with Crippen LogP contribution in [-0.4, -0.2) is 32.6 Å². The first-order chi connectivity index (χ1) is 14.1. The smallest absolute Gasteiger partial charge is 0.691 e. The minimum Gasteiger partial charge on any atom is -0.691 e. The molecular formula is C17H14N5NaO6S. The molecule has 0 amide bonds. The van der Waals surface area contributed by atoms with E-state index in [1.807, 2.05) is 6.07 Å². The van der Waals surface area contributed by atoms with Gasteiger partial charge in [0.2, 0.25) is 11.9 Å². The minimum absolute atomic E-state index is 0. The van der Waals surface area contributed by atoms with E-state index >= 15 is 0 Å². The van der Waals surface area contributed by atoms with Crippen molar-refractivity contribution >= 4 is 35.6 Å². The average Bonchev–Trinajstić information content (AvgIpc) is 2.72. The molecule has 0 unspecified atom stereocenters. The van der Waals surface area contributed by atoms with E-state index in [9.17, 15) is 10.1 Å². The van der Waals surface area contributed by atoms with Gasteiger partial charge in [0, 0.05) is 10.6 Å². The van der Waals surface area contributed by atoms with Gasteiger partial charge in [-0.25, -0.2) is 0 Å². The molecule has 0 aliphatic carbocycles. The van der Waals surface area contributed by atoms with Crippen molar-refractivity contribution in [3.63, 3.8) is 0 Å². The van der Waals surface area contributed by atoms with Crippen LogP contribution in [0.5, 0.6) is 11.8 Å². The van der Waals surface area contributed by atoms with Crippen LogP contribution in [0.2, 0.25) is 0 Å². The van der Waals surface area contributed by atoms with Crippen LogP contribution in [0.4, 0.5) is 17.6 Å². The second kappa shape index (κ2) is 12.3. The van der Waals surface area contributed by atoms with Gasteiger partial charge in [-0.2, -0.15) is 19.3 Å². The minimum atomic E-state index is -1.07. The fraction of sp³-hybridized carbons (Fsp3) is 0.0588. The summed E-state index contributed by atoms with van der Waals surface area (Å²) in [5.41, 5.74) is 0.624. The van der Waals surface area contributed by atoms with Crippen LogP contribution in [0.25, 0.3) is 0 Å². The van der Waals surface area contributed by atoms with Crippen molar-refractivity contribution in [2.75, 3.05) is 17.2 Å². The van der Waals surface area contributed by atoms with E-state index < -0.39 is 5.97 Å². The summed E-state index contributed by atoms with van der Waals surface area (Å²) in [5, 5.41) is 27.6. The van der Waals surface area contributed by atoms with Crippen molar-refractivity contribution in [1.82, 2.24) is 15.0 Å². The molecule has 1 aromatic heterocycles. The number of para-hydroxylation sites is 1. The van der Waals surface area contributed by atoms with E-state index in [-0.39, 0.29) is 54.0 Å². The SMILES string of the molecule is O=C(O)CNc1nc(Nc2ccc(SOO[O-])cc2)nc(Oc2ccccc2)n1.[Na+]. The Morgan fingerprint density at radius 3 is 2.40 bits per heavy atom. The maximum absolute atomic E-state index is 10.8. The van der Waals surface area contributed by atoms with Crippen molar-refractivity contribution in [1.29, 1.82) is 0 Å². The van der Waals surface area contributed by atoms with E-state index in [4.69, 9.17) is 9.84 Å². The van der Waals surface area contributed by atoms with Crippen molar-refractivity contribution < 1.29 is 58.8 Å². The maximum Gasteiger partial charge on any atom is 1.00 e. The van der Waals surface area contributed by atoms with E-state index in [0.29, 0.717) is 16.3 Å². The number of nitrogens with one attached hydrogen (secondary N) is 2. The molecule has 0 bridgehead atoms. The van der Waals surface area contributed by atoms with Crippen molar-refractivity contribution in [3.05, 3.63) is 54.6 Å². The molecule has 150 valence electrons. The Hall–Kier alpha value is -2.45. The summed E-state index contributed by atoms with van der Waals surface area (Å²) in [7, 11) is 0. The summed E-state index contributed by atoms with van der Waals surface area (Å²) in [4.78, 5) is 23.8. The number of aliphatic carboxylic acids is 1. The molecule has 0 aliphatic heterocycles. The molecule has 3 rings (SSSR count). The summed E-state index contributed by atoms with van der Waals surface area (Å²) < 4.78 is 9.86. The second-order valence-corrected chi connectivity index (χ2v) is 6.07. The summed E-state index contributed by atoms with van der Waals surface area (Å²) in [5.74, 6) is -0.388. The summed E-state index contributed by atoms with van der Waals surface area (Å²) >= 11 is 0.761. The quantitative estimate of drug-likeness (QED) is 0.156. The van der Waals surface area contributed by atoms with Gasteiger partial charge in [0.1, 0.15) is 12.3 Å². The monoisotopic (exact) mass is 439 g/mol. The van der Waals surface area contributed by atoms with Gasteiger partial charge in [-0.1, -0.05) is 18.2 Å². The Morgan fingerprint density at radius 1 is 1.03 bits per heavy atom. The number of nitrogens with zero attached hydrogens (tertiary/aromatic N) is 3. The maximum atomic E-state index is 10.8. The van der Waals surface area contributed by atoms with Gasteiger partial charge in [-0.05, 0) is 36.4 Å². The summed E-state index contributed by atoms with van der Waals surface area (Å²) in [6.45, 7) is -0.373. The van der Waals surface area contributed by atoms with Gasteiger partial charge in [-0.15, -0.1) is 0 Å².